The number of aryl methyl sites for hydroxylation is 1. The van der Waals surface area contributed by atoms with Gasteiger partial charge in [0.15, 0.2) is 0 Å². The van der Waals surface area contributed by atoms with Crippen molar-refractivity contribution >= 4 is 17.5 Å². The number of nitrogens with zero attached hydrogens (tertiary/aromatic N) is 1. The molecule has 0 bridgehead atoms. The lowest BCUT2D eigenvalue weighted by Gasteiger charge is -2.21. The van der Waals surface area contributed by atoms with Crippen molar-refractivity contribution in [3.05, 3.63) is 41.5 Å². The fourth-order valence-electron chi connectivity index (χ4n) is 2.80. The van der Waals surface area contributed by atoms with Crippen LogP contribution in [0, 0.1) is 6.92 Å². The smallest absolute Gasteiger partial charge is 0.240 e. The van der Waals surface area contributed by atoms with E-state index in [1.165, 1.54) is 30.2 Å². The zero-order valence-corrected chi connectivity index (χ0v) is 14.1. The zero-order valence-electron chi connectivity index (χ0n) is 14.1. The Labute approximate surface area is 138 Å². The Balaban J connectivity index is 1.84. The summed E-state index contributed by atoms with van der Waals surface area (Å²) in [6, 6.07) is 7.63. The van der Waals surface area contributed by atoms with Gasteiger partial charge in [0.2, 0.25) is 11.8 Å². The number of rotatable bonds is 6. The number of benzene rings is 1. The number of carbonyl (C=O) groups is 2. The zero-order chi connectivity index (χ0) is 16.7. The first-order chi connectivity index (χ1) is 11.1. The third-order valence-corrected chi connectivity index (χ3v) is 4.18. The lowest BCUT2D eigenvalue weighted by molar-refractivity contribution is -0.123. The summed E-state index contributed by atoms with van der Waals surface area (Å²) in [7, 11) is 0. The van der Waals surface area contributed by atoms with E-state index in [9.17, 15) is 9.59 Å². The lowest BCUT2D eigenvalue weighted by atomic mass is 9.97. The second-order valence-electron chi connectivity index (χ2n) is 6.15. The molecular formula is C19H26N2O2. The van der Waals surface area contributed by atoms with Gasteiger partial charge in [-0.3, -0.25) is 9.59 Å². The van der Waals surface area contributed by atoms with E-state index in [4.69, 9.17) is 0 Å². The van der Waals surface area contributed by atoms with Crippen LogP contribution in [-0.2, 0) is 9.59 Å². The summed E-state index contributed by atoms with van der Waals surface area (Å²) >= 11 is 0. The Morgan fingerprint density at radius 1 is 1.17 bits per heavy atom. The van der Waals surface area contributed by atoms with Gasteiger partial charge in [-0.25, -0.2) is 0 Å². The highest BCUT2D eigenvalue weighted by Crippen LogP contribution is 2.19. The van der Waals surface area contributed by atoms with Crippen LogP contribution in [0.4, 0.5) is 5.69 Å². The van der Waals surface area contributed by atoms with Gasteiger partial charge in [-0.05, 0) is 51.2 Å². The maximum Gasteiger partial charge on any atom is 0.240 e. The van der Waals surface area contributed by atoms with Crippen molar-refractivity contribution in [2.75, 3.05) is 18.0 Å². The van der Waals surface area contributed by atoms with Crippen molar-refractivity contribution in [2.45, 2.75) is 46.0 Å². The van der Waals surface area contributed by atoms with E-state index < -0.39 is 0 Å². The maximum atomic E-state index is 12.1. The molecule has 4 nitrogen and oxygen atoms in total. The monoisotopic (exact) mass is 314 g/mol. The Bertz CT molecular complexity index is 576. The molecule has 0 spiro atoms. The molecule has 124 valence electrons. The molecule has 4 heteroatoms. The van der Waals surface area contributed by atoms with Crippen LogP contribution in [0.1, 0.15) is 44.6 Å². The predicted molar refractivity (Wildman–Crippen MR) is 93.4 cm³/mol. The minimum absolute atomic E-state index is 0.0669. The topological polar surface area (TPSA) is 49.4 Å². The number of nitrogens with one attached hydrogen (secondary N) is 1. The van der Waals surface area contributed by atoms with Gasteiger partial charge in [-0.15, -0.1) is 0 Å². The minimum atomic E-state index is -0.126. The van der Waals surface area contributed by atoms with E-state index in [-0.39, 0.29) is 18.4 Å². The van der Waals surface area contributed by atoms with Crippen molar-refractivity contribution in [3.63, 3.8) is 0 Å². The fourth-order valence-corrected chi connectivity index (χ4v) is 2.80. The molecule has 0 heterocycles. The standard InChI is InChI=1S/C19H26N2O2/c1-15-8-10-18(11-9-15)21(16(2)22)14-19(23)20-13-12-17-6-4-3-5-7-17/h6,8-11H,3-5,7,12-14H2,1-2H3,(H,20,23). The molecule has 1 aromatic carbocycles. The average Bonchev–Trinajstić information content (AvgIpc) is 2.54. The Hall–Kier alpha value is -2.10. The normalized spacial score (nSPS) is 14.1. The van der Waals surface area contributed by atoms with Crippen molar-refractivity contribution in [3.8, 4) is 0 Å². The van der Waals surface area contributed by atoms with E-state index in [0.717, 1.165) is 30.5 Å². The SMILES string of the molecule is CC(=O)N(CC(=O)NCCC1=CCCCC1)c1ccc(C)cc1. The first-order valence-corrected chi connectivity index (χ1v) is 8.35. The van der Waals surface area contributed by atoms with Crippen LogP contribution in [0.3, 0.4) is 0 Å². The Morgan fingerprint density at radius 2 is 1.91 bits per heavy atom. The molecule has 1 N–H and O–H groups in total. The van der Waals surface area contributed by atoms with Gasteiger partial charge in [0, 0.05) is 19.2 Å². The van der Waals surface area contributed by atoms with Gasteiger partial charge in [-0.2, -0.15) is 0 Å². The maximum absolute atomic E-state index is 12.1. The van der Waals surface area contributed by atoms with E-state index in [1.807, 2.05) is 31.2 Å². The van der Waals surface area contributed by atoms with Crippen LogP contribution in [-0.4, -0.2) is 24.9 Å². The van der Waals surface area contributed by atoms with E-state index in [1.54, 1.807) is 0 Å². The lowest BCUT2D eigenvalue weighted by Crippen LogP contribution is -2.40. The summed E-state index contributed by atoms with van der Waals surface area (Å²) in [4.78, 5) is 25.4. The van der Waals surface area contributed by atoms with E-state index in [2.05, 4.69) is 11.4 Å². The second kappa shape index (κ2) is 8.51. The number of anilines is 1. The van der Waals surface area contributed by atoms with Crippen LogP contribution in [0.5, 0.6) is 0 Å². The van der Waals surface area contributed by atoms with Gasteiger partial charge < -0.3 is 10.2 Å². The molecule has 0 saturated carbocycles. The molecule has 0 atom stereocenters. The average molecular weight is 314 g/mol. The molecule has 0 saturated heterocycles. The molecule has 23 heavy (non-hydrogen) atoms. The summed E-state index contributed by atoms with van der Waals surface area (Å²) in [6.07, 6.45) is 8.05. The summed E-state index contributed by atoms with van der Waals surface area (Å²) in [5.74, 6) is -0.240. The van der Waals surface area contributed by atoms with Crippen molar-refractivity contribution < 1.29 is 9.59 Å². The third-order valence-electron chi connectivity index (χ3n) is 4.18. The fraction of sp³-hybridized carbons (Fsp3) is 0.474. The van der Waals surface area contributed by atoms with Gasteiger partial charge in [0.1, 0.15) is 6.54 Å². The predicted octanol–water partition coefficient (Wildman–Crippen LogP) is 3.35. The molecular weight excluding hydrogens is 288 g/mol. The largest absolute Gasteiger partial charge is 0.354 e. The second-order valence-corrected chi connectivity index (χ2v) is 6.15. The molecule has 0 radical (unpaired) electrons. The third kappa shape index (κ3) is 5.55. The minimum Gasteiger partial charge on any atom is -0.354 e. The number of allylic oxidation sites excluding steroid dienone is 1. The summed E-state index contributed by atoms with van der Waals surface area (Å²) in [5, 5.41) is 2.92. The van der Waals surface area contributed by atoms with Gasteiger partial charge >= 0.3 is 0 Å². The van der Waals surface area contributed by atoms with Gasteiger partial charge in [-0.1, -0.05) is 29.3 Å². The summed E-state index contributed by atoms with van der Waals surface area (Å²) < 4.78 is 0. The molecule has 2 rings (SSSR count). The van der Waals surface area contributed by atoms with Crippen molar-refractivity contribution in [2.24, 2.45) is 0 Å². The number of amides is 2. The van der Waals surface area contributed by atoms with Crippen molar-refractivity contribution in [1.29, 1.82) is 0 Å². The Morgan fingerprint density at radius 3 is 2.52 bits per heavy atom. The van der Waals surface area contributed by atoms with Crippen molar-refractivity contribution in [1.82, 2.24) is 5.32 Å². The van der Waals surface area contributed by atoms with Crippen LogP contribution in [0.2, 0.25) is 0 Å². The van der Waals surface area contributed by atoms with E-state index >= 15 is 0 Å². The van der Waals surface area contributed by atoms with Crippen LogP contribution in [0.25, 0.3) is 0 Å². The highest BCUT2D eigenvalue weighted by molar-refractivity contribution is 5.97. The molecule has 1 aromatic rings. The molecule has 0 unspecified atom stereocenters. The van der Waals surface area contributed by atoms with Crippen LogP contribution >= 0.6 is 0 Å². The highest BCUT2D eigenvalue weighted by atomic mass is 16.2. The van der Waals surface area contributed by atoms with E-state index in [0.29, 0.717) is 6.54 Å². The first-order valence-electron chi connectivity index (χ1n) is 8.35. The summed E-state index contributed by atoms with van der Waals surface area (Å²) in [5.41, 5.74) is 3.33. The molecule has 0 aliphatic heterocycles. The molecule has 2 amide bonds. The number of carbonyl (C=O) groups excluding carboxylic acids is 2. The van der Waals surface area contributed by atoms with Gasteiger partial charge in [0.25, 0.3) is 0 Å². The molecule has 1 aliphatic rings. The molecule has 1 aliphatic carbocycles. The molecule has 0 aromatic heterocycles. The first kappa shape index (κ1) is 17.3. The summed E-state index contributed by atoms with van der Waals surface area (Å²) in [6.45, 7) is 4.19. The van der Waals surface area contributed by atoms with Crippen LogP contribution < -0.4 is 10.2 Å². The number of hydrogen-bond donors (Lipinski definition) is 1. The Kier molecular flexibility index (Phi) is 6.39. The van der Waals surface area contributed by atoms with Gasteiger partial charge in [0.05, 0.1) is 0 Å². The number of hydrogen-bond acceptors (Lipinski definition) is 2. The molecule has 0 fully saturated rings. The quantitative estimate of drug-likeness (QED) is 0.819. The van der Waals surface area contributed by atoms with Crippen LogP contribution in [0.15, 0.2) is 35.9 Å². The highest BCUT2D eigenvalue weighted by Gasteiger charge is 2.15.